The smallest absolute Gasteiger partial charge is 0.125 e. The van der Waals surface area contributed by atoms with E-state index in [4.69, 9.17) is 0 Å². The molecule has 0 unspecified atom stereocenters. The number of likely N-dealkylation sites (tertiary alicyclic amines) is 1. The topological polar surface area (TPSA) is 35.5 Å². The third-order valence-electron chi connectivity index (χ3n) is 3.97. The average Bonchev–Trinajstić information content (AvgIpc) is 2.41. The summed E-state index contributed by atoms with van der Waals surface area (Å²) in [5.41, 5.74) is 0.428. The van der Waals surface area contributed by atoms with Gasteiger partial charge in [0, 0.05) is 25.3 Å². The fraction of sp³-hybridized carbons (Fsp3) is 0.625. The Hall–Kier alpha value is -1.13. The summed E-state index contributed by atoms with van der Waals surface area (Å²) in [5.74, 6) is 0.410. The number of hydrogen-bond donors (Lipinski definition) is 2. The van der Waals surface area contributed by atoms with Gasteiger partial charge in [-0.05, 0) is 37.0 Å². The Morgan fingerprint density at radius 2 is 2.05 bits per heavy atom. The van der Waals surface area contributed by atoms with Gasteiger partial charge >= 0.3 is 0 Å². The molecule has 112 valence electrons. The van der Waals surface area contributed by atoms with Crippen LogP contribution in [0, 0.1) is 11.7 Å². The normalized spacial score (nSPS) is 19.2. The van der Waals surface area contributed by atoms with E-state index in [0.717, 1.165) is 38.2 Å². The zero-order chi connectivity index (χ0) is 14.6. The zero-order valence-electron chi connectivity index (χ0n) is 12.4. The van der Waals surface area contributed by atoms with E-state index in [1.807, 2.05) is 6.07 Å². The lowest BCUT2D eigenvalue weighted by Crippen LogP contribution is -2.52. The summed E-state index contributed by atoms with van der Waals surface area (Å²) in [4.78, 5) is 2.44. The van der Waals surface area contributed by atoms with Crippen molar-refractivity contribution in [2.45, 2.75) is 32.2 Å². The molecule has 2 rings (SSSR count). The van der Waals surface area contributed by atoms with E-state index in [1.165, 1.54) is 12.1 Å². The van der Waals surface area contributed by atoms with Crippen LogP contribution in [0.25, 0.3) is 0 Å². The van der Waals surface area contributed by atoms with Crippen molar-refractivity contribution in [1.82, 2.24) is 4.90 Å². The average molecular weight is 280 g/mol. The fourth-order valence-corrected chi connectivity index (χ4v) is 2.88. The maximum Gasteiger partial charge on any atom is 0.125 e. The summed E-state index contributed by atoms with van der Waals surface area (Å²) >= 11 is 0. The first-order valence-corrected chi connectivity index (χ1v) is 7.40. The van der Waals surface area contributed by atoms with Gasteiger partial charge < -0.3 is 15.3 Å². The van der Waals surface area contributed by atoms with Gasteiger partial charge in [-0.1, -0.05) is 19.9 Å². The minimum atomic E-state index is -0.318. The molecule has 1 fully saturated rings. The number of aliphatic hydroxyl groups excluding tert-OH is 1. The monoisotopic (exact) mass is 280 g/mol. The molecule has 0 bridgehead atoms. The van der Waals surface area contributed by atoms with Crippen LogP contribution in [0.1, 0.15) is 26.7 Å². The Bertz CT molecular complexity index is 428. The number of nitrogens with one attached hydrogen (secondary N) is 1. The van der Waals surface area contributed by atoms with E-state index < -0.39 is 0 Å². The van der Waals surface area contributed by atoms with Crippen LogP contribution in [0.2, 0.25) is 0 Å². The van der Waals surface area contributed by atoms with Gasteiger partial charge in [0.2, 0.25) is 0 Å². The Morgan fingerprint density at radius 1 is 1.35 bits per heavy atom. The van der Waals surface area contributed by atoms with E-state index in [0.29, 0.717) is 5.92 Å². The zero-order valence-corrected chi connectivity index (χ0v) is 12.4. The minimum Gasteiger partial charge on any atom is -0.394 e. The lowest BCUT2D eigenvalue weighted by atomic mass is 9.87. The number of aliphatic hydroxyl groups is 1. The van der Waals surface area contributed by atoms with E-state index >= 15 is 0 Å². The number of nitrogens with zero attached hydrogens (tertiary/aromatic N) is 1. The van der Waals surface area contributed by atoms with Crippen molar-refractivity contribution in [3.63, 3.8) is 0 Å². The molecule has 1 aromatic carbocycles. The van der Waals surface area contributed by atoms with E-state index in [9.17, 15) is 9.50 Å². The van der Waals surface area contributed by atoms with Crippen LogP contribution < -0.4 is 5.32 Å². The number of benzene rings is 1. The highest BCUT2D eigenvalue weighted by Crippen LogP contribution is 2.27. The van der Waals surface area contributed by atoms with Crippen molar-refractivity contribution in [2.24, 2.45) is 5.92 Å². The molecule has 1 heterocycles. The van der Waals surface area contributed by atoms with Crippen LogP contribution in [-0.2, 0) is 0 Å². The first-order valence-electron chi connectivity index (χ1n) is 7.40. The molecule has 20 heavy (non-hydrogen) atoms. The molecule has 0 atom stereocenters. The van der Waals surface area contributed by atoms with Crippen LogP contribution in [0.5, 0.6) is 0 Å². The fourth-order valence-electron chi connectivity index (χ4n) is 2.88. The molecule has 0 aliphatic carbocycles. The summed E-state index contributed by atoms with van der Waals surface area (Å²) in [7, 11) is 0. The Balaban J connectivity index is 1.98. The van der Waals surface area contributed by atoms with Crippen molar-refractivity contribution in [3.8, 4) is 0 Å². The highest BCUT2D eigenvalue weighted by atomic mass is 19.1. The molecule has 0 spiro atoms. The molecule has 2 N–H and O–H groups in total. The molecule has 0 saturated carbocycles. The molecule has 1 aliphatic rings. The molecule has 1 aromatic rings. The van der Waals surface area contributed by atoms with Gasteiger partial charge in [-0.25, -0.2) is 4.39 Å². The van der Waals surface area contributed by atoms with Gasteiger partial charge in [0.15, 0.2) is 0 Å². The van der Waals surface area contributed by atoms with Gasteiger partial charge in [0.25, 0.3) is 0 Å². The Labute approximate surface area is 120 Å². The Morgan fingerprint density at radius 3 is 2.60 bits per heavy atom. The predicted octanol–water partition coefficient (Wildman–Crippen LogP) is 2.72. The van der Waals surface area contributed by atoms with Crippen molar-refractivity contribution >= 4 is 5.69 Å². The number of piperidine rings is 1. The van der Waals surface area contributed by atoms with Gasteiger partial charge in [-0.3, -0.25) is 0 Å². The third kappa shape index (κ3) is 3.93. The van der Waals surface area contributed by atoms with Crippen molar-refractivity contribution in [2.75, 3.05) is 31.6 Å². The van der Waals surface area contributed by atoms with Crippen LogP contribution in [0.4, 0.5) is 10.1 Å². The summed E-state index contributed by atoms with van der Waals surface area (Å²) in [5, 5.41) is 13.1. The van der Waals surface area contributed by atoms with Crippen LogP contribution in [-0.4, -0.2) is 41.8 Å². The molecule has 0 radical (unpaired) electrons. The second-order valence-corrected chi connectivity index (χ2v) is 6.27. The van der Waals surface area contributed by atoms with Gasteiger partial charge in [-0.15, -0.1) is 0 Å². The van der Waals surface area contributed by atoms with Crippen LogP contribution in [0.15, 0.2) is 24.3 Å². The largest absolute Gasteiger partial charge is 0.394 e. The lowest BCUT2D eigenvalue weighted by molar-refractivity contribution is 0.111. The van der Waals surface area contributed by atoms with E-state index in [-0.39, 0.29) is 18.0 Å². The summed E-state index contributed by atoms with van der Waals surface area (Å²) < 4.78 is 13.2. The number of halogens is 1. The molecule has 1 saturated heterocycles. The molecule has 0 amide bonds. The first-order chi connectivity index (χ1) is 9.53. The summed E-state index contributed by atoms with van der Waals surface area (Å²) in [6, 6.07) is 6.46. The van der Waals surface area contributed by atoms with Crippen molar-refractivity contribution < 1.29 is 9.50 Å². The highest BCUT2D eigenvalue weighted by Gasteiger charge is 2.34. The number of anilines is 1. The van der Waals surface area contributed by atoms with E-state index in [1.54, 1.807) is 6.07 Å². The highest BCUT2D eigenvalue weighted by molar-refractivity contribution is 5.46. The molecule has 4 heteroatoms. The van der Waals surface area contributed by atoms with Crippen LogP contribution >= 0.6 is 0 Å². The maximum atomic E-state index is 13.2. The quantitative estimate of drug-likeness (QED) is 0.870. The summed E-state index contributed by atoms with van der Waals surface area (Å²) in [6.45, 7) is 7.57. The Kier molecular flexibility index (Phi) is 5.00. The third-order valence-corrected chi connectivity index (χ3v) is 3.97. The van der Waals surface area contributed by atoms with Gasteiger partial charge in [0.1, 0.15) is 5.82 Å². The lowest BCUT2D eigenvalue weighted by Gasteiger charge is -2.42. The standard InChI is InChI=1S/C16H25FN2O/c1-13(2)11-19-8-6-16(12-20,7-9-19)18-15-5-3-4-14(17)10-15/h3-5,10,13,18,20H,6-9,11-12H2,1-2H3. The molecular formula is C16H25FN2O. The van der Waals surface area contributed by atoms with Gasteiger partial charge in [0.05, 0.1) is 12.1 Å². The second-order valence-electron chi connectivity index (χ2n) is 6.27. The SMILES string of the molecule is CC(C)CN1CCC(CO)(Nc2cccc(F)c2)CC1. The number of hydrogen-bond acceptors (Lipinski definition) is 3. The van der Waals surface area contributed by atoms with E-state index in [2.05, 4.69) is 24.1 Å². The first kappa shape index (κ1) is 15.3. The van der Waals surface area contributed by atoms with Crippen molar-refractivity contribution in [1.29, 1.82) is 0 Å². The number of rotatable bonds is 5. The minimum absolute atomic E-state index is 0.0824. The maximum absolute atomic E-state index is 13.2. The summed E-state index contributed by atoms with van der Waals surface area (Å²) in [6.07, 6.45) is 1.76. The molecule has 1 aliphatic heterocycles. The molecule has 0 aromatic heterocycles. The second kappa shape index (κ2) is 6.55. The van der Waals surface area contributed by atoms with Crippen LogP contribution in [0.3, 0.4) is 0 Å². The van der Waals surface area contributed by atoms with Gasteiger partial charge in [-0.2, -0.15) is 0 Å². The molecule has 3 nitrogen and oxygen atoms in total. The molecular weight excluding hydrogens is 255 g/mol. The predicted molar refractivity (Wildman–Crippen MR) is 80.4 cm³/mol. The van der Waals surface area contributed by atoms with Crippen molar-refractivity contribution in [3.05, 3.63) is 30.1 Å².